The van der Waals surface area contributed by atoms with Crippen molar-refractivity contribution in [1.82, 2.24) is 10.2 Å². The molecule has 4 aliphatic carbocycles. The lowest BCUT2D eigenvalue weighted by Gasteiger charge is -2.60. The first-order chi connectivity index (χ1) is 13.4. The highest BCUT2D eigenvalue weighted by atomic mass is 79.9. The van der Waals surface area contributed by atoms with Gasteiger partial charge in [0, 0.05) is 41.7 Å². The summed E-state index contributed by atoms with van der Waals surface area (Å²) in [5.41, 5.74) is 1.49. The van der Waals surface area contributed by atoms with E-state index in [2.05, 4.69) is 32.7 Å². The first-order valence-corrected chi connectivity index (χ1v) is 12.4. The minimum atomic E-state index is 0.143. The van der Waals surface area contributed by atoms with Crippen LogP contribution in [0, 0.1) is 17.3 Å². The maximum absolute atomic E-state index is 12.7. The van der Waals surface area contributed by atoms with Crippen LogP contribution in [0.15, 0.2) is 11.4 Å². The second kappa shape index (κ2) is 7.12. The Bertz CT molecular complexity index is 777. The zero-order valence-corrected chi connectivity index (χ0v) is 18.7. The second-order valence-corrected chi connectivity index (χ2v) is 12.5. The number of rotatable bonds is 5. The molecule has 4 nitrogen and oxygen atoms in total. The number of hydrogen-bond donors (Lipinski definition) is 1. The Kier molecular flexibility index (Phi) is 4.86. The SMILES string of the molecule is O=C(CC12CC3CC(CC(Br)(C3)C1)C2)NCCC(=O)N1CCc2sccc2C1. The summed E-state index contributed by atoms with van der Waals surface area (Å²) in [7, 11) is 0. The van der Waals surface area contributed by atoms with Crippen LogP contribution in [-0.4, -0.2) is 34.1 Å². The Hall–Kier alpha value is -0.880. The van der Waals surface area contributed by atoms with E-state index in [0.717, 1.165) is 37.8 Å². The van der Waals surface area contributed by atoms with Gasteiger partial charge in [-0.2, -0.15) is 0 Å². The number of amides is 2. The summed E-state index contributed by atoms with van der Waals surface area (Å²) >= 11 is 5.81. The van der Waals surface area contributed by atoms with E-state index in [1.54, 1.807) is 11.3 Å². The number of carbonyl (C=O) groups excluding carboxylic acids is 2. The molecule has 0 radical (unpaired) electrons. The number of hydrogen-bond acceptors (Lipinski definition) is 3. The van der Waals surface area contributed by atoms with Crippen LogP contribution in [-0.2, 0) is 22.6 Å². The van der Waals surface area contributed by atoms with Crippen LogP contribution in [0.25, 0.3) is 0 Å². The van der Waals surface area contributed by atoms with Crippen LogP contribution < -0.4 is 5.32 Å². The van der Waals surface area contributed by atoms with Gasteiger partial charge >= 0.3 is 0 Å². The standard InChI is InChI=1S/C22H29BrN2O2S/c23-22-10-15-7-16(11-22)9-21(8-15,14-22)12-19(26)24-4-1-20(27)25-5-2-18-17(13-25)3-6-28-18/h3,6,15-16H,1-2,4-5,7-14H2,(H,24,26). The van der Waals surface area contributed by atoms with Crippen molar-refractivity contribution in [2.75, 3.05) is 13.1 Å². The lowest BCUT2D eigenvalue weighted by molar-refractivity contribution is -0.132. The van der Waals surface area contributed by atoms with Crippen LogP contribution in [0.4, 0.5) is 0 Å². The summed E-state index contributed by atoms with van der Waals surface area (Å²) in [6, 6.07) is 2.13. The minimum absolute atomic E-state index is 0.143. The lowest BCUT2D eigenvalue weighted by Crippen LogP contribution is -2.54. The monoisotopic (exact) mass is 464 g/mol. The van der Waals surface area contributed by atoms with Gasteiger partial charge in [-0.1, -0.05) is 15.9 Å². The Morgan fingerprint density at radius 1 is 1.25 bits per heavy atom. The van der Waals surface area contributed by atoms with E-state index in [1.165, 1.54) is 42.5 Å². The van der Waals surface area contributed by atoms with Gasteiger partial charge in [-0.3, -0.25) is 9.59 Å². The fraction of sp³-hybridized carbons (Fsp3) is 0.727. The van der Waals surface area contributed by atoms with Crippen LogP contribution in [0.3, 0.4) is 0 Å². The summed E-state index contributed by atoms with van der Waals surface area (Å²) in [6.07, 6.45) is 9.56. The van der Waals surface area contributed by atoms with Crippen molar-refractivity contribution in [3.63, 3.8) is 0 Å². The van der Waals surface area contributed by atoms with Gasteiger partial charge in [-0.25, -0.2) is 0 Å². The average molecular weight is 465 g/mol. The van der Waals surface area contributed by atoms with E-state index < -0.39 is 0 Å². The van der Waals surface area contributed by atoms with Crippen molar-refractivity contribution in [3.05, 3.63) is 21.9 Å². The number of halogens is 1. The molecule has 152 valence electrons. The molecule has 1 aliphatic heterocycles. The highest BCUT2D eigenvalue weighted by Gasteiger charge is 2.57. The molecule has 1 N–H and O–H groups in total. The minimum Gasteiger partial charge on any atom is -0.356 e. The van der Waals surface area contributed by atoms with E-state index in [-0.39, 0.29) is 17.2 Å². The number of nitrogens with one attached hydrogen (secondary N) is 1. The third-order valence-corrected chi connectivity index (χ3v) is 9.42. The third kappa shape index (κ3) is 3.67. The zero-order chi connectivity index (χ0) is 19.4. The smallest absolute Gasteiger partial charge is 0.224 e. The van der Waals surface area contributed by atoms with E-state index in [9.17, 15) is 9.59 Å². The quantitative estimate of drug-likeness (QED) is 0.661. The topological polar surface area (TPSA) is 49.4 Å². The van der Waals surface area contributed by atoms with Gasteiger partial charge in [0.1, 0.15) is 0 Å². The molecule has 0 aromatic carbocycles. The van der Waals surface area contributed by atoms with E-state index in [1.807, 2.05) is 4.90 Å². The fourth-order valence-corrected chi connectivity index (χ4v) is 9.27. The first kappa shape index (κ1) is 19.1. The van der Waals surface area contributed by atoms with Crippen LogP contribution in [0.2, 0.25) is 0 Å². The molecule has 5 aliphatic rings. The Morgan fingerprint density at radius 3 is 2.79 bits per heavy atom. The second-order valence-electron chi connectivity index (χ2n) is 9.82. The number of nitrogens with zero attached hydrogens (tertiary/aromatic N) is 1. The molecule has 1 aromatic rings. The van der Waals surface area contributed by atoms with Gasteiger partial charge in [0.05, 0.1) is 0 Å². The van der Waals surface area contributed by atoms with Crippen molar-refractivity contribution in [1.29, 1.82) is 0 Å². The van der Waals surface area contributed by atoms with Crippen molar-refractivity contribution in [2.45, 2.75) is 68.7 Å². The molecule has 4 bridgehead atoms. The number of carbonyl (C=O) groups is 2. The molecule has 6 rings (SSSR count). The van der Waals surface area contributed by atoms with Gasteiger partial charge in [0.25, 0.3) is 0 Å². The van der Waals surface area contributed by atoms with Gasteiger partial charge < -0.3 is 10.2 Å². The Labute approximate surface area is 179 Å². The van der Waals surface area contributed by atoms with Crippen molar-refractivity contribution >= 4 is 39.1 Å². The molecule has 4 fully saturated rings. The van der Waals surface area contributed by atoms with Gasteiger partial charge in [-0.15, -0.1) is 11.3 Å². The number of fused-ring (bicyclic) bond motifs is 1. The predicted molar refractivity (Wildman–Crippen MR) is 114 cm³/mol. The molecule has 0 saturated heterocycles. The molecular formula is C22H29BrN2O2S. The Balaban J connectivity index is 1.10. The Morgan fingerprint density at radius 2 is 2.04 bits per heavy atom. The number of thiophene rings is 1. The fourth-order valence-electron chi connectivity index (χ4n) is 6.87. The molecule has 0 spiro atoms. The van der Waals surface area contributed by atoms with E-state index >= 15 is 0 Å². The van der Waals surface area contributed by atoms with E-state index in [4.69, 9.17) is 0 Å². The maximum Gasteiger partial charge on any atom is 0.224 e. The molecule has 1 aromatic heterocycles. The summed E-state index contributed by atoms with van der Waals surface area (Å²) in [6.45, 7) is 2.00. The molecule has 2 atom stereocenters. The maximum atomic E-state index is 12.7. The van der Waals surface area contributed by atoms with Gasteiger partial charge in [-0.05, 0) is 79.2 Å². The van der Waals surface area contributed by atoms with Crippen molar-refractivity contribution < 1.29 is 9.59 Å². The van der Waals surface area contributed by atoms with Gasteiger partial charge in [0.15, 0.2) is 0 Å². The molecule has 2 amide bonds. The first-order valence-electron chi connectivity index (χ1n) is 10.7. The predicted octanol–water partition coefficient (Wildman–Crippen LogP) is 4.26. The van der Waals surface area contributed by atoms with E-state index in [0.29, 0.717) is 23.7 Å². The highest BCUT2D eigenvalue weighted by molar-refractivity contribution is 9.10. The summed E-state index contributed by atoms with van der Waals surface area (Å²) < 4.78 is 0.294. The largest absolute Gasteiger partial charge is 0.356 e. The number of alkyl halides is 1. The molecule has 4 saturated carbocycles. The normalized spacial score (nSPS) is 35.7. The van der Waals surface area contributed by atoms with Gasteiger partial charge in [0.2, 0.25) is 11.8 Å². The van der Waals surface area contributed by atoms with Crippen LogP contribution >= 0.6 is 27.3 Å². The van der Waals surface area contributed by atoms with Crippen LogP contribution in [0.5, 0.6) is 0 Å². The summed E-state index contributed by atoms with van der Waals surface area (Å²) in [4.78, 5) is 28.6. The molecule has 6 heteroatoms. The molecule has 2 heterocycles. The molecule has 2 unspecified atom stereocenters. The molecular weight excluding hydrogens is 436 g/mol. The third-order valence-electron chi connectivity index (χ3n) is 7.47. The van der Waals surface area contributed by atoms with Crippen LogP contribution in [0.1, 0.15) is 61.8 Å². The zero-order valence-electron chi connectivity index (χ0n) is 16.3. The summed E-state index contributed by atoms with van der Waals surface area (Å²) in [5, 5.41) is 5.17. The van der Waals surface area contributed by atoms with Crippen molar-refractivity contribution in [3.8, 4) is 0 Å². The summed E-state index contributed by atoms with van der Waals surface area (Å²) in [5.74, 6) is 1.91. The van der Waals surface area contributed by atoms with Crippen molar-refractivity contribution in [2.24, 2.45) is 17.3 Å². The average Bonchev–Trinajstić information content (AvgIpc) is 3.06. The lowest BCUT2D eigenvalue weighted by atomic mass is 9.48. The molecule has 28 heavy (non-hydrogen) atoms. The highest BCUT2D eigenvalue weighted by Crippen LogP contribution is 2.65.